The molecule has 0 radical (unpaired) electrons. The summed E-state index contributed by atoms with van der Waals surface area (Å²) in [4.78, 5) is 23.7. The van der Waals surface area contributed by atoms with E-state index in [-0.39, 0.29) is 23.1 Å². The molecule has 0 saturated carbocycles. The SMILES string of the molecule is CC(C)(C)CC(=O)O.CCN1CCc2c(c(-c3cc(F)ccc3F)nn2C(N)=O)C1. The highest BCUT2D eigenvalue weighted by Crippen LogP contribution is 2.31. The Morgan fingerprint density at radius 2 is 1.93 bits per heavy atom. The zero-order chi connectivity index (χ0) is 22.6. The molecule has 164 valence electrons. The van der Waals surface area contributed by atoms with Crippen molar-refractivity contribution in [2.75, 3.05) is 13.1 Å². The van der Waals surface area contributed by atoms with Gasteiger partial charge in [0.1, 0.15) is 17.3 Å². The number of fused-ring (bicyclic) bond motifs is 1. The third kappa shape index (κ3) is 5.85. The third-order valence-corrected chi connectivity index (χ3v) is 4.66. The molecule has 2 aromatic rings. The van der Waals surface area contributed by atoms with Gasteiger partial charge in [-0.1, -0.05) is 27.7 Å². The number of nitrogens with two attached hydrogens (primary N) is 1. The second-order valence-electron chi connectivity index (χ2n) is 8.40. The van der Waals surface area contributed by atoms with Crippen molar-refractivity contribution < 1.29 is 23.5 Å². The van der Waals surface area contributed by atoms with Crippen LogP contribution in [0.15, 0.2) is 18.2 Å². The van der Waals surface area contributed by atoms with Crippen LogP contribution in [0, 0.1) is 17.0 Å². The van der Waals surface area contributed by atoms with E-state index in [1.165, 1.54) is 0 Å². The summed E-state index contributed by atoms with van der Waals surface area (Å²) in [5.74, 6) is -1.86. The molecule has 0 bridgehead atoms. The number of primary amides is 1. The number of hydrogen-bond acceptors (Lipinski definition) is 4. The van der Waals surface area contributed by atoms with E-state index in [4.69, 9.17) is 10.8 Å². The molecule has 0 aliphatic carbocycles. The lowest BCUT2D eigenvalue weighted by Crippen LogP contribution is -2.32. The predicted molar refractivity (Wildman–Crippen MR) is 109 cm³/mol. The largest absolute Gasteiger partial charge is 0.481 e. The quantitative estimate of drug-likeness (QED) is 0.786. The summed E-state index contributed by atoms with van der Waals surface area (Å²) in [6.07, 6.45) is 0.836. The van der Waals surface area contributed by atoms with Gasteiger partial charge in [0.15, 0.2) is 0 Å². The van der Waals surface area contributed by atoms with Crippen LogP contribution >= 0.6 is 0 Å². The first kappa shape index (κ1) is 23.5. The first-order valence-corrected chi connectivity index (χ1v) is 9.73. The smallest absolute Gasteiger partial charge is 0.339 e. The van der Waals surface area contributed by atoms with Gasteiger partial charge in [-0.05, 0) is 30.2 Å². The van der Waals surface area contributed by atoms with E-state index >= 15 is 0 Å². The van der Waals surface area contributed by atoms with E-state index in [9.17, 15) is 18.4 Å². The molecule has 2 heterocycles. The van der Waals surface area contributed by atoms with Crippen molar-refractivity contribution in [3.63, 3.8) is 0 Å². The van der Waals surface area contributed by atoms with Crippen LogP contribution in [0.1, 0.15) is 45.4 Å². The molecular weight excluding hydrogens is 394 g/mol. The minimum absolute atomic E-state index is 0.0502. The Hall–Kier alpha value is -2.81. The average Bonchev–Trinajstić information content (AvgIpc) is 3.01. The van der Waals surface area contributed by atoms with Gasteiger partial charge in [0.2, 0.25) is 0 Å². The molecule has 1 aromatic heterocycles. The highest BCUT2D eigenvalue weighted by atomic mass is 19.1. The normalized spacial score (nSPS) is 13.9. The molecule has 0 spiro atoms. The first-order valence-electron chi connectivity index (χ1n) is 9.73. The van der Waals surface area contributed by atoms with Crippen molar-refractivity contribution in [2.45, 2.75) is 47.1 Å². The van der Waals surface area contributed by atoms with Gasteiger partial charge in [-0.2, -0.15) is 9.78 Å². The van der Waals surface area contributed by atoms with Crippen LogP contribution in [0.4, 0.5) is 13.6 Å². The zero-order valence-electron chi connectivity index (χ0n) is 17.7. The number of carboxylic acids is 1. The maximum atomic E-state index is 14.1. The molecule has 1 aliphatic rings. The number of carboxylic acid groups (broad SMARTS) is 1. The van der Waals surface area contributed by atoms with Gasteiger partial charge < -0.3 is 10.8 Å². The van der Waals surface area contributed by atoms with E-state index in [1.54, 1.807) is 0 Å². The van der Waals surface area contributed by atoms with Crippen LogP contribution in [0.3, 0.4) is 0 Å². The fraction of sp³-hybridized carbons (Fsp3) is 0.476. The summed E-state index contributed by atoms with van der Waals surface area (Å²) < 4.78 is 28.6. The van der Waals surface area contributed by atoms with Crippen molar-refractivity contribution in [2.24, 2.45) is 11.1 Å². The molecule has 1 amide bonds. The molecule has 9 heteroatoms. The highest BCUT2D eigenvalue weighted by molar-refractivity contribution is 5.77. The average molecular weight is 422 g/mol. The fourth-order valence-corrected chi connectivity index (χ4v) is 3.28. The number of likely N-dealkylation sites (N-methyl/N-ethyl adjacent to an activating group) is 1. The predicted octanol–water partition coefficient (Wildman–Crippen LogP) is 3.64. The Labute approximate surface area is 174 Å². The number of hydrogen-bond donors (Lipinski definition) is 2. The number of nitrogens with zero attached hydrogens (tertiary/aromatic N) is 3. The van der Waals surface area contributed by atoms with Crippen LogP contribution in [0.2, 0.25) is 0 Å². The molecule has 7 nitrogen and oxygen atoms in total. The molecule has 30 heavy (non-hydrogen) atoms. The fourth-order valence-electron chi connectivity index (χ4n) is 3.28. The number of carbonyl (C=O) groups excluding carboxylic acids is 1. The van der Waals surface area contributed by atoms with Gasteiger partial charge in [0.25, 0.3) is 0 Å². The monoisotopic (exact) mass is 422 g/mol. The molecule has 1 aliphatic heterocycles. The zero-order valence-corrected chi connectivity index (χ0v) is 17.7. The molecule has 0 saturated heterocycles. The minimum Gasteiger partial charge on any atom is -0.481 e. The van der Waals surface area contributed by atoms with Gasteiger partial charge in [-0.3, -0.25) is 9.69 Å². The number of rotatable bonds is 3. The number of halogens is 2. The Balaban J connectivity index is 0.000000343. The lowest BCUT2D eigenvalue weighted by Gasteiger charge is -2.26. The van der Waals surface area contributed by atoms with E-state index in [1.807, 2.05) is 27.7 Å². The van der Waals surface area contributed by atoms with Gasteiger partial charge in [-0.25, -0.2) is 13.6 Å². The van der Waals surface area contributed by atoms with Crippen LogP contribution in [-0.2, 0) is 17.8 Å². The molecule has 0 fully saturated rings. The minimum atomic E-state index is -0.725. The topological polar surface area (TPSA) is 101 Å². The summed E-state index contributed by atoms with van der Waals surface area (Å²) in [6.45, 7) is 9.86. The van der Waals surface area contributed by atoms with Crippen LogP contribution < -0.4 is 5.73 Å². The summed E-state index contributed by atoms with van der Waals surface area (Å²) in [7, 11) is 0. The summed E-state index contributed by atoms with van der Waals surface area (Å²) in [5, 5.41) is 12.4. The molecule has 3 N–H and O–H groups in total. The van der Waals surface area contributed by atoms with E-state index in [0.29, 0.717) is 18.7 Å². The van der Waals surface area contributed by atoms with Crippen molar-refractivity contribution in [1.29, 1.82) is 0 Å². The first-order chi connectivity index (χ1) is 13.9. The summed E-state index contributed by atoms with van der Waals surface area (Å²) in [6, 6.07) is 2.48. The van der Waals surface area contributed by atoms with Gasteiger partial charge >= 0.3 is 12.0 Å². The maximum Gasteiger partial charge on any atom is 0.339 e. The Kier molecular flexibility index (Phi) is 7.30. The molecule has 0 unspecified atom stereocenters. The second kappa shape index (κ2) is 9.34. The van der Waals surface area contributed by atoms with Crippen molar-refractivity contribution in [3.05, 3.63) is 41.1 Å². The lowest BCUT2D eigenvalue weighted by atomic mass is 9.93. The van der Waals surface area contributed by atoms with E-state index in [0.717, 1.165) is 41.5 Å². The summed E-state index contributed by atoms with van der Waals surface area (Å²) in [5.41, 5.74) is 7.01. The molecule has 0 atom stereocenters. The highest BCUT2D eigenvalue weighted by Gasteiger charge is 2.28. The van der Waals surface area contributed by atoms with Crippen LogP contribution in [-0.4, -0.2) is 44.9 Å². The maximum absolute atomic E-state index is 14.1. The van der Waals surface area contributed by atoms with Gasteiger partial charge in [0, 0.05) is 30.6 Å². The van der Waals surface area contributed by atoms with E-state index < -0.39 is 23.6 Å². The van der Waals surface area contributed by atoms with Crippen molar-refractivity contribution >= 4 is 12.0 Å². The van der Waals surface area contributed by atoms with E-state index in [2.05, 4.69) is 10.00 Å². The number of carbonyl (C=O) groups is 2. The standard InChI is InChI=1S/C15H16F2N4O.C6H12O2/c1-2-20-6-5-13-11(8-20)14(19-21(13)15(18)22)10-7-9(16)3-4-12(10)17;1-6(2,3)4-5(7)8/h3-4,7H,2,5-6,8H2,1H3,(H2,18,22);4H2,1-3H3,(H,7,8). The molecular formula is C21H28F2N4O3. The number of aliphatic carboxylic acids is 1. The second-order valence-corrected chi connectivity index (χ2v) is 8.40. The van der Waals surface area contributed by atoms with Gasteiger partial charge in [0.05, 0.1) is 12.1 Å². The van der Waals surface area contributed by atoms with Crippen LogP contribution in [0.25, 0.3) is 11.3 Å². The Morgan fingerprint density at radius 1 is 1.27 bits per heavy atom. The lowest BCUT2D eigenvalue weighted by molar-refractivity contribution is -0.139. The Bertz CT molecular complexity index is 935. The van der Waals surface area contributed by atoms with Gasteiger partial charge in [-0.15, -0.1) is 0 Å². The summed E-state index contributed by atoms with van der Waals surface area (Å²) >= 11 is 0. The van der Waals surface area contributed by atoms with Crippen LogP contribution in [0.5, 0.6) is 0 Å². The number of aromatic nitrogens is 2. The third-order valence-electron chi connectivity index (χ3n) is 4.66. The van der Waals surface area contributed by atoms with Crippen molar-refractivity contribution in [1.82, 2.24) is 14.7 Å². The van der Waals surface area contributed by atoms with Crippen molar-refractivity contribution in [3.8, 4) is 11.3 Å². The number of amides is 1. The molecule has 1 aromatic carbocycles. The molecule has 3 rings (SSSR count). The number of benzene rings is 1. The Morgan fingerprint density at radius 3 is 2.43 bits per heavy atom.